The van der Waals surface area contributed by atoms with Crippen LogP contribution in [-0.4, -0.2) is 34.8 Å². The highest BCUT2D eigenvalue weighted by Gasteiger charge is 2.47. The van der Waals surface area contributed by atoms with E-state index >= 15 is 0 Å². The standard InChI is InChI=1S/C12H21N3O2/c1-12(14,8-5-6-8)11(17)15-7-3-2-4-9(15)10(13)16/h8-9H,2-7,14H2,1H3,(H2,13,16). The van der Waals surface area contributed by atoms with Crippen LogP contribution in [0.15, 0.2) is 0 Å². The van der Waals surface area contributed by atoms with Gasteiger partial charge in [-0.25, -0.2) is 0 Å². The molecule has 0 aromatic heterocycles. The first-order valence-electron chi connectivity index (χ1n) is 6.34. The van der Waals surface area contributed by atoms with Gasteiger partial charge in [0, 0.05) is 6.54 Å². The molecule has 0 spiro atoms. The van der Waals surface area contributed by atoms with Crippen LogP contribution in [0.25, 0.3) is 0 Å². The number of hydrogen-bond acceptors (Lipinski definition) is 3. The highest BCUT2D eigenvalue weighted by molar-refractivity contribution is 5.91. The molecule has 0 bridgehead atoms. The number of hydrogen-bond donors (Lipinski definition) is 2. The Balaban J connectivity index is 2.13. The van der Waals surface area contributed by atoms with Crippen molar-refractivity contribution in [3.8, 4) is 0 Å². The van der Waals surface area contributed by atoms with Crippen molar-refractivity contribution in [3.05, 3.63) is 0 Å². The molecule has 2 atom stereocenters. The number of carbonyl (C=O) groups excluding carboxylic acids is 2. The predicted molar refractivity (Wildman–Crippen MR) is 63.9 cm³/mol. The molecule has 2 unspecified atom stereocenters. The fourth-order valence-corrected chi connectivity index (χ4v) is 2.64. The fraction of sp³-hybridized carbons (Fsp3) is 0.833. The molecule has 4 N–H and O–H groups in total. The average molecular weight is 239 g/mol. The quantitative estimate of drug-likeness (QED) is 0.725. The molecule has 1 aliphatic heterocycles. The van der Waals surface area contributed by atoms with Gasteiger partial charge in [-0.1, -0.05) is 0 Å². The Hall–Kier alpha value is -1.10. The lowest BCUT2D eigenvalue weighted by molar-refractivity contribution is -0.145. The van der Waals surface area contributed by atoms with Crippen molar-refractivity contribution in [2.45, 2.75) is 50.6 Å². The zero-order valence-electron chi connectivity index (χ0n) is 10.3. The molecule has 1 saturated carbocycles. The Labute approximate surface area is 102 Å². The molecule has 2 amide bonds. The normalized spacial score (nSPS) is 28.6. The van der Waals surface area contributed by atoms with E-state index in [1.807, 2.05) is 0 Å². The fourth-order valence-electron chi connectivity index (χ4n) is 2.64. The largest absolute Gasteiger partial charge is 0.368 e. The summed E-state index contributed by atoms with van der Waals surface area (Å²) in [6.45, 7) is 2.38. The zero-order valence-corrected chi connectivity index (χ0v) is 10.3. The summed E-state index contributed by atoms with van der Waals surface area (Å²) in [5, 5.41) is 0. The smallest absolute Gasteiger partial charge is 0.243 e. The predicted octanol–water partition coefficient (Wildman–Crippen LogP) is -0.0198. The van der Waals surface area contributed by atoms with Gasteiger partial charge < -0.3 is 16.4 Å². The van der Waals surface area contributed by atoms with Gasteiger partial charge in [-0.3, -0.25) is 9.59 Å². The molecule has 1 saturated heterocycles. The second-order valence-corrected chi connectivity index (χ2v) is 5.47. The summed E-state index contributed by atoms with van der Waals surface area (Å²) in [4.78, 5) is 25.4. The second kappa shape index (κ2) is 4.29. The van der Waals surface area contributed by atoms with Gasteiger partial charge in [0.25, 0.3) is 0 Å². The van der Waals surface area contributed by atoms with Crippen LogP contribution in [-0.2, 0) is 9.59 Å². The minimum atomic E-state index is -0.828. The number of primary amides is 1. The number of piperidine rings is 1. The highest BCUT2D eigenvalue weighted by atomic mass is 16.2. The maximum absolute atomic E-state index is 12.4. The molecule has 0 aromatic carbocycles. The third-order valence-corrected chi connectivity index (χ3v) is 3.98. The van der Waals surface area contributed by atoms with Crippen LogP contribution in [0.1, 0.15) is 39.0 Å². The molecule has 17 heavy (non-hydrogen) atoms. The number of nitrogens with two attached hydrogens (primary N) is 2. The van der Waals surface area contributed by atoms with Crippen LogP contribution < -0.4 is 11.5 Å². The van der Waals surface area contributed by atoms with E-state index in [2.05, 4.69) is 0 Å². The molecule has 2 aliphatic rings. The van der Waals surface area contributed by atoms with Gasteiger partial charge in [0.15, 0.2) is 0 Å². The van der Waals surface area contributed by atoms with E-state index in [9.17, 15) is 9.59 Å². The lowest BCUT2D eigenvalue weighted by Crippen LogP contribution is -2.60. The first-order valence-corrected chi connectivity index (χ1v) is 6.34. The van der Waals surface area contributed by atoms with Crippen molar-refractivity contribution in [2.75, 3.05) is 6.54 Å². The van der Waals surface area contributed by atoms with Crippen molar-refractivity contribution >= 4 is 11.8 Å². The maximum atomic E-state index is 12.4. The summed E-state index contributed by atoms with van der Waals surface area (Å²) in [7, 11) is 0. The van der Waals surface area contributed by atoms with Crippen LogP contribution in [0.4, 0.5) is 0 Å². The Morgan fingerprint density at radius 1 is 1.24 bits per heavy atom. The first kappa shape index (κ1) is 12.4. The molecule has 5 nitrogen and oxygen atoms in total. The van der Waals surface area contributed by atoms with Crippen LogP contribution in [0.5, 0.6) is 0 Å². The van der Waals surface area contributed by atoms with Crippen LogP contribution in [0, 0.1) is 5.92 Å². The molecule has 5 heteroatoms. The van der Waals surface area contributed by atoms with Gasteiger partial charge in [-0.15, -0.1) is 0 Å². The molecule has 96 valence electrons. The topological polar surface area (TPSA) is 89.4 Å². The van der Waals surface area contributed by atoms with E-state index in [4.69, 9.17) is 11.5 Å². The zero-order chi connectivity index (χ0) is 12.6. The van der Waals surface area contributed by atoms with Gasteiger partial charge >= 0.3 is 0 Å². The van der Waals surface area contributed by atoms with Gasteiger partial charge in [-0.2, -0.15) is 0 Å². The third kappa shape index (κ3) is 2.29. The minimum Gasteiger partial charge on any atom is -0.368 e. The summed E-state index contributed by atoms with van der Waals surface area (Å²) in [5.74, 6) is -0.251. The van der Waals surface area contributed by atoms with E-state index in [1.54, 1.807) is 11.8 Å². The first-order chi connectivity index (χ1) is 7.94. The lowest BCUT2D eigenvalue weighted by Gasteiger charge is -2.38. The van der Waals surface area contributed by atoms with Gasteiger partial charge in [0.2, 0.25) is 11.8 Å². The molecule has 2 rings (SSSR count). The van der Waals surface area contributed by atoms with Crippen molar-refractivity contribution in [2.24, 2.45) is 17.4 Å². The molecular formula is C12H21N3O2. The van der Waals surface area contributed by atoms with E-state index in [0.717, 1.165) is 25.7 Å². The Bertz CT molecular complexity index is 337. The number of rotatable bonds is 3. The minimum absolute atomic E-state index is 0.108. The van der Waals surface area contributed by atoms with E-state index < -0.39 is 17.5 Å². The van der Waals surface area contributed by atoms with Gasteiger partial charge in [-0.05, 0) is 44.9 Å². The summed E-state index contributed by atoms with van der Waals surface area (Å²) < 4.78 is 0. The lowest BCUT2D eigenvalue weighted by atomic mass is 9.92. The van der Waals surface area contributed by atoms with Crippen LogP contribution in [0.3, 0.4) is 0 Å². The third-order valence-electron chi connectivity index (χ3n) is 3.98. The summed E-state index contributed by atoms with van der Waals surface area (Å²) in [6.07, 6.45) is 4.56. The number of amides is 2. The van der Waals surface area contributed by atoms with Crippen molar-refractivity contribution in [1.82, 2.24) is 4.90 Å². The monoisotopic (exact) mass is 239 g/mol. The van der Waals surface area contributed by atoms with Gasteiger partial charge in [0.1, 0.15) is 6.04 Å². The molecule has 1 aliphatic carbocycles. The highest BCUT2D eigenvalue weighted by Crippen LogP contribution is 2.39. The van der Waals surface area contributed by atoms with Gasteiger partial charge in [0.05, 0.1) is 5.54 Å². The number of carbonyl (C=O) groups is 2. The Kier molecular flexibility index (Phi) is 3.12. The molecule has 2 fully saturated rings. The molecule has 1 heterocycles. The second-order valence-electron chi connectivity index (χ2n) is 5.47. The Morgan fingerprint density at radius 2 is 1.88 bits per heavy atom. The molecule has 0 aromatic rings. The summed E-state index contributed by atoms with van der Waals surface area (Å²) in [6, 6.07) is -0.460. The number of nitrogens with zero attached hydrogens (tertiary/aromatic N) is 1. The van der Waals surface area contributed by atoms with E-state index in [-0.39, 0.29) is 11.8 Å². The number of likely N-dealkylation sites (tertiary alicyclic amines) is 1. The van der Waals surface area contributed by atoms with Crippen LogP contribution in [0.2, 0.25) is 0 Å². The molecular weight excluding hydrogens is 218 g/mol. The van der Waals surface area contributed by atoms with E-state index in [1.165, 1.54) is 0 Å². The Morgan fingerprint density at radius 3 is 2.41 bits per heavy atom. The molecule has 0 radical (unpaired) electrons. The SMILES string of the molecule is CC(N)(C(=O)N1CCCCC1C(N)=O)C1CC1. The van der Waals surface area contributed by atoms with E-state index in [0.29, 0.717) is 13.0 Å². The summed E-state index contributed by atoms with van der Waals surface area (Å²) >= 11 is 0. The van der Waals surface area contributed by atoms with Crippen molar-refractivity contribution < 1.29 is 9.59 Å². The maximum Gasteiger partial charge on any atom is 0.243 e. The summed E-state index contributed by atoms with van der Waals surface area (Å²) in [5.41, 5.74) is 10.6. The van der Waals surface area contributed by atoms with Crippen molar-refractivity contribution in [1.29, 1.82) is 0 Å². The van der Waals surface area contributed by atoms with Crippen molar-refractivity contribution in [3.63, 3.8) is 0 Å². The van der Waals surface area contributed by atoms with Crippen LogP contribution >= 0.6 is 0 Å². The average Bonchev–Trinajstić information content (AvgIpc) is 3.12.